The van der Waals surface area contributed by atoms with Gasteiger partial charge in [-0.25, -0.2) is 4.98 Å². The first-order valence-electron chi connectivity index (χ1n) is 8.18. The van der Waals surface area contributed by atoms with Gasteiger partial charge in [0.2, 0.25) is 5.91 Å². The van der Waals surface area contributed by atoms with Gasteiger partial charge in [-0.3, -0.25) is 4.79 Å². The van der Waals surface area contributed by atoms with Gasteiger partial charge in [0.1, 0.15) is 10.8 Å². The smallest absolute Gasteiger partial charge is 0.227 e. The summed E-state index contributed by atoms with van der Waals surface area (Å²) in [5.41, 5.74) is 1.79. The Hall–Kier alpha value is -1.92. The number of aryl methyl sites for hydroxylation is 1. The Morgan fingerprint density at radius 3 is 3.04 bits per heavy atom. The second-order valence-corrected chi connectivity index (χ2v) is 7.08. The molecule has 0 aliphatic carbocycles. The van der Waals surface area contributed by atoms with Gasteiger partial charge in [-0.1, -0.05) is 12.1 Å². The second kappa shape index (κ2) is 7.77. The Bertz CT molecular complexity index is 695. The van der Waals surface area contributed by atoms with Gasteiger partial charge < -0.3 is 14.7 Å². The van der Waals surface area contributed by atoms with E-state index >= 15 is 0 Å². The number of amides is 1. The first-order valence-corrected chi connectivity index (χ1v) is 9.06. The molecular weight excluding hydrogens is 324 g/mol. The largest absolute Gasteiger partial charge is 0.508 e. The van der Waals surface area contributed by atoms with E-state index in [9.17, 15) is 9.90 Å². The number of carbonyl (C=O) groups excluding carboxylic acids is 1. The minimum absolute atomic E-state index is 0.0314. The van der Waals surface area contributed by atoms with Crippen molar-refractivity contribution in [3.8, 4) is 5.75 Å². The highest BCUT2D eigenvalue weighted by atomic mass is 32.1. The first-order chi connectivity index (χ1) is 11.6. The van der Waals surface area contributed by atoms with Crippen LogP contribution in [0, 0.1) is 6.92 Å². The fourth-order valence-electron chi connectivity index (χ4n) is 2.88. The van der Waals surface area contributed by atoms with E-state index in [1.54, 1.807) is 29.5 Å². The lowest BCUT2D eigenvalue weighted by Crippen LogP contribution is -2.37. The molecule has 3 rings (SSSR count). The van der Waals surface area contributed by atoms with Crippen LogP contribution in [0.3, 0.4) is 0 Å². The monoisotopic (exact) mass is 346 g/mol. The maximum Gasteiger partial charge on any atom is 0.227 e. The van der Waals surface area contributed by atoms with Crippen LogP contribution in [0.2, 0.25) is 0 Å². The van der Waals surface area contributed by atoms with E-state index in [1.165, 1.54) is 0 Å². The Morgan fingerprint density at radius 1 is 1.50 bits per heavy atom. The lowest BCUT2D eigenvalue weighted by atomic mass is 10.1. The van der Waals surface area contributed by atoms with Crippen molar-refractivity contribution in [2.75, 3.05) is 13.2 Å². The highest BCUT2D eigenvalue weighted by molar-refractivity contribution is 7.09. The van der Waals surface area contributed by atoms with Crippen molar-refractivity contribution in [3.63, 3.8) is 0 Å². The van der Waals surface area contributed by atoms with Crippen LogP contribution in [0.1, 0.15) is 29.1 Å². The predicted octanol–water partition coefficient (Wildman–Crippen LogP) is 2.91. The molecule has 2 aromatic rings. The molecule has 6 heteroatoms. The van der Waals surface area contributed by atoms with Crippen LogP contribution >= 0.6 is 11.3 Å². The van der Waals surface area contributed by atoms with Crippen LogP contribution in [0.15, 0.2) is 29.6 Å². The zero-order valence-corrected chi connectivity index (χ0v) is 14.6. The summed E-state index contributed by atoms with van der Waals surface area (Å²) in [6, 6.07) is 6.86. The van der Waals surface area contributed by atoms with E-state index in [2.05, 4.69) is 4.98 Å². The summed E-state index contributed by atoms with van der Waals surface area (Å²) < 4.78 is 5.69. The molecule has 0 radical (unpaired) electrons. The normalized spacial score (nSPS) is 17.1. The lowest BCUT2D eigenvalue weighted by molar-refractivity contribution is -0.132. The molecule has 1 N–H and O–H groups in total. The van der Waals surface area contributed by atoms with Gasteiger partial charge in [-0.05, 0) is 37.5 Å². The Morgan fingerprint density at radius 2 is 2.38 bits per heavy atom. The molecular formula is C18H22N2O3S. The quantitative estimate of drug-likeness (QED) is 0.873. The van der Waals surface area contributed by atoms with E-state index in [-0.39, 0.29) is 24.2 Å². The minimum Gasteiger partial charge on any atom is -0.508 e. The van der Waals surface area contributed by atoms with Gasteiger partial charge in [0.15, 0.2) is 0 Å². The van der Waals surface area contributed by atoms with Crippen molar-refractivity contribution < 1.29 is 14.6 Å². The number of phenols is 1. The van der Waals surface area contributed by atoms with Crippen molar-refractivity contribution in [1.29, 1.82) is 0 Å². The summed E-state index contributed by atoms with van der Waals surface area (Å²) in [6.45, 7) is 3.83. The highest BCUT2D eigenvalue weighted by Crippen LogP contribution is 2.19. The maximum atomic E-state index is 12.8. The van der Waals surface area contributed by atoms with Gasteiger partial charge in [-0.15, -0.1) is 11.3 Å². The molecule has 0 bridgehead atoms. The highest BCUT2D eigenvalue weighted by Gasteiger charge is 2.23. The summed E-state index contributed by atoms with van der Waals surface area (Å²) in [4.78, 5) is 19.1. The topological polar surface area (TPSA) is 62.7 Å². The average molecular weight is 346 g/mol. The van der Waals surface area contributed by atoms with Crippen molar-refractivity contribution in [2.24, 2.45) is 0 Å². The van der Waals surface area contributed by atoms with Crippen LogP contribution in [0.25, 0.3) is 0 Å². The SMILES string of the molecule is Cc1csc(CN(C[C@H]2CCCO2)C(=O)Cc2cccc(O)c2)n1. The molecule has 5 nitrogen and oxygen atoms in total. The number of benzene rings is 1. The number of ether oxygens (including phenoxy) is 1. The minimum atomic E-state index is 0.0314. The number of aromatic nitrogens is 1. The van der Waals surface area contributed by atoms with Crippen LogP contribution in [0.5, 0.6) is 5.75 Å². The van der Waals surface area contributed by atoms with Crippen molar-refractivity contribution >= 4 is 17.2 Å². The van der Waals surface area contributed by atoms with Crippen LogP contribution in [-0.2, 0) is 22.5 Å². The summed E-state index contributed by atoms with van der Waals surface area (Å²) in [5, 5.41) is 12.5. The number of thiazole rings is 1. The number of hydrogen-bond acceptors (Lipinski definition) is 5. The molecule has 2 heterocycles. The van der Waals surface area contributed by atoms with Crippen LogP contribution in [0.4, 0.5) is 0 Å². The number of aromatic hydroxyl groups is 1. The molecule has 0 unspecified atom stereocenters. The van der Waals surface area contributed by atoms with E-state index < -0.39 is 0 Å². The predicted molar refractivity (Wildman–Crippen MR) is 93.1 cm³/mol. The molecule has 1 aliphatic rings. The Kier molecular flexibility index (Phi) is 5.48. The Labute approximate surface area is 145 Å². The average Bonchev–Trinajstić information content (AvgIpc) is 3.18. The first kappa shape index (κ1) is 16.9. The molecule has 1 aliphatic heterocycles. The molecule has 1 aromatic carbocycles. The molecule has 1 atom stereocenters. The van der Waals surface area contributed by atoms with Crippen molar-refractivity contribution in [2.45, 2.75) is 38.8 Å². The van der Waals surface area contributed by atoms with Crippen LogP contribution < -0.4 is 0 Å². The van der Waals surface area contributed by atoms with Gasteiger partial charge >= 0.3 is 0 Å². The van der Waals surface area contributed by atoms with E-state index in [0.717, 1.165) is 35.7 Å². The Balaban J connectivity index is 1.70. The summed E-state index contributed by atoms with van der Waals surface area (Å²) in [7, 11) is 0. The van der Waals surface area contributed by atoms with Crippen molar-refractivity contribution in [1.82, 2.24) is 9.88 Å². The van der Waals surface area contributed by atoms with E-state index in [4.69, 9.17) is 4.74 Å². The summed E-state index contributed by atoms with van der Waals surface area (Å²) in [5.74, 6) is 0.213. The molecule has 1 fully saturated rings. The van der Waals surface area contributed by atoms with Gasteiger partial charge in [-0.2, -0.15) is 0 Å². The van der Waals surface area contributed by atoms with Gasteiger partial charge in [0.05, 0.1) is 19.1 Å². The molecule has 128 valence electrons. The third kappa shape index (κ3) is 4.55. The third-order valence-corrected chi connectivity index (χ3v) is 5.01. The zero-order chi connectivity index (χ0) is 16.9. The molecule has 0 spiro atoms. The van der Waals surface area contributed by atoms with Gasteiger partial charge in [0, 0.05) is 24.2 Å². The van der Waals surface area contributed by atoms with Crippen LogP contribution in [-0.4, -0.2) is 40.2 Å². The number of nitrogens with zero attached hydrogens (tertiary/aromatic N) is 2. The summed E-state index contributed by atoms with van der Waals surface area (Å²) >= 11 is 1.58. The molecule has 1 saturated heterocycles. The molecule has 0 saturated carbocycles. The number of phenolic OH excluding ortho intramolecular Hbond substituents is 1. The number of rotatable bonds is 6. The van der Waals surface area contributed by atoms with E-state index in [0.29, 0.717) is 13.1 Å². The number of carbonyl (C=O) groups is 1. The molecule has 1 amide bonds. The van der Waals surface area contributed by atoms with Gasteiger partial charge in [0.25, 0.3) is 0 Å². The second-order valence-electron chi connectivity index (χ2n) is 6.14. The zero-order valence-electron chi connectivity index (χ0n) is 13.8. The fraction of sp³-hybridized carbons (Fsp3) is 0.444. The standard InChI is InChI=1S/C18H22N2O3S/c1-13-12-24-17(19-13)11-20(10-16-6-3-7-23-16)18(22)9-14-4-2-5-15(21)8-14/h2,4-5,8,12,16,21H,3,6-7,9-11H2,1H3/t16-/m1/s1. The number of hydrogen-bond donors (Lipinski definition) is 1. The van der Waals surface area contributed by atoms with Crippen molar-refractivity contribution in [3.05, 3.63) is 45.9 Å². The maximum absolute atomic E-state index is 12.8. The molecule has 1 aromatic heterocycles. The molecule has 24 heavy (non-hydrogen) atoms. The third-order valence-electron chi connectivity index (χ3n) is 4.06. The lowest BCUT2D eigenvalue weighted by Gasteiger charge is -2.25. The summed E-state index contributed by atoms with van der Waals surface area (Å²) in [6.07, 6.45) is 2.42. The van der Waals surface area contributed by atoms with E-state index in [1.807, 2.05) is 23.3 Å². The fourth-order valence-corrected chi connectivity index (χ4v) is 3.67.